The smallest absolute Gasteiger partial charge is 0.408 e. The minimum atomic E-state index is -0.828. The van der Waals surface area contributed by atoms with Crippen molar-refractivity contribution >= 4 is 29.7 Å². The van der Waals surface area contributed by atoms with Gasteiger partial charge in [-0.3, -0.25) is 9.59 Å². The number of hydrogen-bond donors (Lipinski definition) is 2. The average molecular weight is 578 g/mol. The topological polar surface area (TPSA) is 87.7 Å². The zero-order valence-electron chi connectivity index (χ0n) is 26.8. The standard InChI is InChI=1S/C32H55N3O4S/c1-12-14-23(5)33-29(36)28(26-16-13-15-22(4)25(26)7)35(24(6)18-17-21(2)3)30(37)27(19-20-40-11)34-31(38)39-32(8,9)10/h13,15-16,21,23-24,27-28H,12,14,17-20H2,1-11H3,(H,33,36)(H,34,38). The number of nitrogens with one attached hydrogen (secondary N) is 2. The van der Waals surface area contributed by atoms with Crippen LogP contribution in [0.2, 0.25) is 0 Å². The van der Waals surface area contributed by atoms with E-state index in [2.05, 4.69) is 31.4 Å². The molecule has 0 spiro atoms. The van der Waals surface area contributed by atoms with Gasteiger partial charge in [0, 0.05) is 12.1 Å². The molecule has 0 aromatic heterocycles. The maximum absolute atomic E-state index is 14.5. The number of alkyl carbamates (subject to hydrolysis) is 1. The van der Waals surface area contributed by atoms with Crippen LogP contribution in [0.3, 0.4) is 0 Å². The Labute approximate surface area is 248 Å². The van der Waals surface area contributed by atoms with Gasteiger partial charge in [-0.25, -0.2) is 4.79 Å². The summed E-state index contributed by atoms with van der Waals surface area (Å²) >= 11 is 1.61. The molecule has 40 heavy (non-hydrogen) atoms. The second-order valence-corrected chi connectivity index (χ2v) is 13.4. The Morgan fingerprint density at radius 2 is 1.62 bits per heavy atom. The molecular weight excluding hydrogens is 522 g/mol. The maximum Gasteiger partial charge on any atom is 0.408 e. The maximum atomic E-state index is 14.5. The van der Waals surface area contributed by atoms with E-state index in [0.29, 0.717) is 18.1 Å². The molecule has 3 amide bonds. The summed E-state index contributed by atoms with van der Waals surface area (Å²) in [7, 11) is 0. The fraction of sp³-hybridized carbons (Fsp3) is 0.719. The van der Waals surface area contributed by atoms with E-state index in [1.54, 1.807) is 37.4 Å². The fourth-order valence-corrected chi connectivity index (χ4v) is 5.22. The summed E-state index contributed by atoms with van der Waals surface area (Å²) in [6, 6.07) is 4.00. The molecule has 228 valence electrons. The summed E-state index contributed by atoms with van der Waals surface area (Å²) in [5.41, 5.74) is 2.16. The number of hydrogen-bond acceptors (Lipinski definition) is 5. The fourth-order valence-electron chi connectivity index (χ4n) is 4.75. The minimum absolute atomic E-state index is 0.0276. The molecule has 0 aliphatic rings. The van der Waals surface area contributed by atoms with E-state index in [0.717, 1.165) is 42.4 Å². The van der Waals surface area contributed by atoms with E-state index in [1.807, 2.05) is 52.1 Å². The van der Waals surface area contributed by atoms with Crippen LogP contribution < -0.4 is 10.6 Å². The Hall–Kier alpha value is -2.22. The molecular formula is C32H55N3O4S. The van der Waals surface area contributed by atoms with Crippen molar-refractivity contribution in [2.45, 2.75) is 131 Å². The molecule has 1 aromatic rings. The molecule has 0 saturated heterocycles. The first-order chi connectivity index (χ1) is 18.6. The van der Waals surface area contributed by atoms with Gasteiger partial charge in [-0.05, 0) is 109 Å². The third-order valence-electron chi connectivity index (χ3n) is 7.07. The highest BCUT2D eigenvalue weighted by Crippen LogP contribution is 2.31. The predicted octanol–water partition coefficient (Wildman–Crippen LogP) is 6.95. The third-order valence-corrected chi connectivity index (χ3v) is 7.71. The van der Waals surface area contributed by atoms with E-state index in [1.165, 1.54) is 0 Å². The van der Waals surface area contributed by atoms with Crippen LogP contribution in [-0.2, 0) is 14.3 Å². The molecule has 0 fully saturated rings. The van der Waals surface area contributed by atoms with Crippen LogP contribution in [0.15, 0.2) is 18.2 Å². The summed E-state index contributed by atoms with van der Waals surface area (Å²) in [4.78, 5) is 43.2. The quantitative estimate of drug-likeness (QED) is 0.236. The van der Waals surface area contributed by atoms with Gasteiger partial charge in [0.25, 0.3) is 0 Å². The normalized spacial score (nSPS) is 14.7. The van der Waals surface area contributed by atoms with Crippen LogP contribution in [0.4, 0.5) is 4.79 Å². The molecule has 0 saturated carbocycles. The van der Waals surface area contributed by atoms with Gasteiger partial charge in [0.1, 0.15) is 17.7 Å². The Balaban J connectivity index is 3.70. The molecule has 8 heteroatoms. The Bertz CT molecular complexity index is 960. The van der Waals surface area contributed by atoms with E-state index in [4.69, 9.17) is 4.74 Å². The van der Waals surface area contributed by atoms with Crippen molar-refractivity contribution in [3.05, 3.63) is 34.9 Å². The molecule has 0 radical (unpaired) electrons. The monoisotopic (exact) mass is 577 g/mol. The van der Waals surface area contributed by atoms with Crippen LogP contribution in [0.25, 0.3) is 0 Å². The molecule has 1 rings (SSSR count). The van der Waals surface area contributed by atoms with Crippen molar-refractivity contribution in [2.24, 2.45) is 5.92 Å². The van der Waals surface area contributed by atoms with Crippen LogP contribution in [0.1, 0.15) is 110 Å². The lowest BCUT2D eigenvalue weighted by atomic mass is 9.92. The highest BCUT2D eigenvalue weighted by atomic mass is 32.2. The number of ether oxygens (including phenoxy) is 1. The summed E-state index contributed by atoms with van der Waals surface area (Å²) < 4.78 is 5.52. The lowest BCUT2D eigenvalue weighted by molar-refractivity contribution is -0.145. The highest BCUT2D eigenvalue weighted by molar-refractivity contribution is 7.98. The van der Waals surface area contributed by atoms with E-state index >= 15 is 0 Å². The van der Waals surface area contributed by atoms with Crippen LogP contribution in [0, 0.1) is 19.8 Å². The predicted molar refractivity (Wildman–Crippen MR) is 168 cm³/mol. The minimum Gasteiger partial charge on any atom is -0.444 e. The molecule has 0 heterocycles. The Morgan fingerprint density at radius 3 is 2.17 bits per heavy atom. The highest BCUT2D eigenvalue weighted by Gasteiger charge is 2.39. The molecule has 0 aliphatic heterocycles. The van der Waals surface area contributed by atoms with Crippen molar-refractivity contribution in [3.63, 3.8) is 0 Å². The Morgan fingerprint density at radius 1 is 0.975 bits per heavy atom. The van der Waals surface area contributed by atoms with Crippen LogP contribution in [-0.4, -0.2) is 58.5 Å². The number of amides is 3. The number of carbonyl (C=O) groups is 3. The van der Waals surface area contributed by atoms with Gasteiger partial charge in [-0.1, -0.05) is 45.4 Å². The van der Waals surface area contributed by atoms with Gasteiger partial charge in [-0.15, -0.1) is 0 Å². The van der Waals surface area contributed by atoms with Gasteiger partial charge >= 0.3 is 6.09 Å². The SMILES string of the molecule is CCCC(C)NC(=O)C(c1cccc(C)c1C)N(C(=O)C(CCSC)NC(=O)OC(C)(C)C)C(C)CCC(C)C. The molecule has 7 nitrogen and oxygen atoms in total. The van der Waals surface area contributed by atoms with Crippen molar-refractivity contribution in [3.8, 4) is 0 Å². The second-order valence-electron chi connectivity index (χ2n) is 12.4. The molecule has 4 atom stereocenters. The molecule has 1 aromatic carbocycles. The third kappa shape index (κ3) is 11.7. The number of nitrogens with zero attached hydrogens (tertiary/aromatic N) is 1. The second kappa shape index (κ2) is 16.9. The van der Waals surface area contributed by atoms with Crippen molar-refractivity contribution in [1.29, 1.82) is 0 Å². The number of carbonyl (C=O) groups excluding carboxylic acids is 3. The van der Waals surface area contributed by atoms with E-state index in [-0.39, 0.29) is 23.9 Å². The first kappa shape index (κ1) is 35.8. The Kier molecular flexibility index (Phi) is 15.1. The molecule has 4 unspecified atom stereocenters. The number of thioether (sulfide) groups is 1. The van der Waals surface area contributed by atoms with Crippen molar-refractivity contribution in [2.75, 3.05) is 12.0 Å². The van der Waals surface area contributed by atoms with Gasteiger partial charge < -0.3 is 20.3 Å². The summed E-state index contributed by atoms with van der Waals surface area (Å²) in [6.45, 7) is 19.8. The van der Waals surface area contributed by atoms with Crippen molar-refractivity contribution in [1.82, 2.24) is 15.5 Å². The molecule has 2 N–H and O–H groups in total. The molecule has 0 bridgehead atoms. The lowest BCUT2D eigenvalue weighted by Gasteiger charge is -2.40. The first-order valence-corrected chi connectivity index (χ1v) is 16.2. The number of rotatable bonds is 15. The van der Waals surface area contributed by atoms with E-state index in [9.17, 15) is 14.4 Å². The molecule has 0 aliphatic carbocycles. The lowest BCUT2D eigenvalue weighted by Crippen LogP contribution is -2.56. The van der Waals surface area contributed by atoms with Gasteiger partial charge in [0.05, 0.1) is 0 Å². The average Bonchev–Trinajstić information content (AvgIpc) is 2.84. The van der Waals surface area contributed by atoms with E-state index < -0.39 is 23.8 Å². The van der Waals surface area contributed by atoms with Gasteiger partial charge in [0.2, 0.25) is 11.8 Å². The van der Waals surface area contributed by atoms with Gasteiger partial charge in [-0.2, -0.15) is 11.8 Å². The number of benzene rings is 1. The summed E-state index contributed by atoms with van der Waals surface area (Å²) in [6.07, 6.45) is 5.21. The van der Waals surface area contributed by atoms with Crippen molar-refractivity contribution < 1.29 is 19.1 Å². The summed E-state index contributed by atoms with van der Waals surface area (Å²) in [5.74, 6) is 0.665. The van der Waals surface area contributed by atoms with Gasteiger partial charge in [0.15, 0.2) is 0 Å². The van der Waals surface area contributed by atoms with Crippen LogP contribution in [0.5, 0.6) is 0 Å². The van der Waals surface area contributed by atoms with Crippen LogP contribution >= 0.6 is 11.8 Å². The zero-order valence-corrected chi connectivity index (χ0v) is 27.7. The summed E-state index contributed by atoms with van der Waals surface area (Å²) in [5, 5.41) is 6.03. The number of aryl methyl sites for hydroxylation is 1. The largest absolute Gasteiger partial charge is 0.444 e. The first-order valence-electron chi connectivity index (χ1n) is 14.8. The zero-order chi connectivity index (χ0) is 30.6.